The van der Waals surface area contributed by atoms with Gasteiger partial charge in [0, 0.05) is 53.3 Å². The highest BCUT2D eigenvalue weighted by Gasteiger charge is 2.17. The van der Waals surface area contributed by atoms with Crippen LogP contribution in [0.5, 0.6) is 0 Å². The van der Waals surface area contributed by atoms with Crippen LogP contribution in [0.25, 0.3) is 32.5 Å². The predicted molar refractivity (Wildman–Crippen MR) is 143 cm³/mol. The highest BCUT2D eigenvalue weighted by molar-refractivity contribution is 7.19. The van der Waals surface area contributed by atoms with Crippen LogP contribution in [0, 0.1) is 0 Å². The third-order valence-corrected chi connectivity index (χ3v) is 6.94. The quantitative estimate of drug-likeness (QED) is 0.178. The number of nitrogens with zero attached hydrogens (tertiary/aromatic N) is 7. The summed E-state index contributed by atoms with van der Waals surface area (Å²) >= 11 is 1.57. The number of aromatic nitrogens is 7. The number of fused-ring (bicyclic) bond motifs is 2. The van der Waals surface area contributed by atoms with E-state index in [4.69, 9.17) is 15.2 Å². The molecule has 0 bridgehead atoms. The molecule has 6 rings (SSSR count). The summed E-state index contributed by atoms with van der Waals surface area (Å²) in [5.74, 6) is 1.04. The first kappa shape index (κ1) is 23.4. The Kier molecular flexibility index (Phi) is 6.03. The topological polar surface area (TPSA) is 158 Å². The summed E-state index contributed by atoms with van der Waals surface area (Å²) in [4.78, 5) is 36.8. The van der Waals surface area contributed by atoms with Gasteiger partial charge in [0.1, 0.15) is 0 Å². The number of H-pyrrole nitrogens is 1. The number of anilines is 3. The fourth-order valence-corrected chi connectivity index (χ4v) is 5.10. The van der Waals surface area contributed by atoms with Crippen molar-refractivity contribution in [3.05, 3.63) is 77.8 Å². The van der Waals surface area contributed by atoms with Gasteiger partial charge >= 0.3 is 0 Å². The van der Waals surface area contributed by atoms with Crippen molar-refractivity contribution < 1.29 is 10.0 Å². The molecule has 12 nitrogen and oxygen atoms in total. The molecule has 0 radical (unpaired) electrons. The number of aromatic amines is 1. The summed E-state index contributed by atoms with van der Waals surface area (Å²) in [5, 5.41) is 20.3. The van der Waals surface area contributed by atoms with E-state index in [2.05, 4.69) is 30.5 Å². The largest absolute Gasteiger partial charge is 0.339 e. The molecule has 6 aromatic rings. The smallest absolute Gasteiger partial charge is 0.277 e. The minimum Gasteiger partial charge on any atom is -0.339 e. The highest BCUT2D eigenvalue weighted by Crippen LogP contribution is 2.35. The monoisotopic (exact) mass is 524 g/mol. The second-order valence-corrected chi connectivity index (χ2v) is 9.53. The molecule has 0 spiro atoms. The van der Waals surface area contributed by atoms with Crippen molar-refractivity contribution in [2.45, 2.75) is 6.54 Å². The maximum absolute atomic E-state index is 11.6. The van der Waals surface area contributed by atoms with Crippen molar-refractivity contribution >= 4 is 55.8 Å². The SMILES string of the molecule is CN(Cc1cc2nc(-c3cccc4[nH]ncc34)nc(Nc3ccncc3)c2s1)c1ncc(C(=O)NO)cn1. The number of pyridine rings is 1. The molecular weight excluding hydrogens is 504 g/mol. The standard InChI is InChI=1S/C25H20N10O2S/c1-35(25-27-10-14(11-28-25)24(36)34-37)13-16-9-20-21(38-16)23(30-15-5-7-26-8-6-15)32-22(31-20)17-3-2-4-19-18(17)12-29-33-19/h2-12,37H,13H2,1H3,(H,29,33)(H,34,36)(H,26,30,31,32). The second kappa shape index (κ2) is 9.80. The van der Waals surface area contributed by atoms with Crippen LogP contribution in [0.3, 0.4) is 0 Å². The van der Waals surface area contributed by atoms with Gasteiger partial charge in [0.05, 0.1) is 34.0 Å². The number of amides is 1. The zero-order valence-electron chi connectivity index (χ0n) is 20.0. The molecule has 0 aliphatic rings. The van der Waals surface area contributed by atoms with Crippen LogP contribution in [-0.2, 0) is 6.54 Å². The lowest BCUT2D eigenvalue weighted by Gasteiger charge is -2.15. The van der Waals surface area contributed by atoms with Gasteiger partial charge < -0.3 is 10.2 Å². The van der Waals surface area contributed by atoms with Gasteiger partial charge in [-0.15, -0.1) is 11.3 Å². The predicted octanol–water partition coefficient (Wildman–Crippen LogP) is 3.92. The first-order chi connectivity index (χ1) is 18.6. The van der Waals surface area contributed by atoms with Crippen molar-refractivity contribution in [1.82, 2.24) is 40.6 Å². The van der Waals surface area contributed by atoms with Gasteiger partial charge in [0.25, 0.3) is 5.91 Å². The van der Waals surface area contributed by atoms with E-state index in [-0.39, 0.29) is 5.56 Å². The molecule has 0 unspecified atom stereocenters. The van der Waals surface area contributed by atoms with Gasteiger partial charge in [-0.1, -0.05) is 12.1 Å². The molecule has 0 saturated carbocycles. The zero-order valence-corrected chi connectivity index (χ0v) is 20.8. The van der Waals surface area contributed by atoms with E-state index in [1.807, 2.05) is 48.3 Å². The molecule has 38 heavy (non-hydrogen) atoms. The first-order valence-corrected chi connectivity index (χ1v) is 12.3. The van der Waals surface area contributed by atoms with Crippen LogP contribution in [0.2, 0.25) is 0 Å². The lowest BCUT2D eigenvalue weighted by molar-refractivity contribution is 0.0705. The Morgan fingerprint density at radius 2 is 1.92 bits per heavy atom. The molecular formula is C25H20N10O2S. The Morgan fingerprint density at radius 1 is 1.11 bits per heavy atom. The molecule has 5 heterocycles. The summed E-state index contributed by atoms with van der Waals surface area (Å²) in [6, 6.07) is 11.7. The minimum absolute atomic E-state index is 0.161. The molecule has 0 aliphatic carbocycles. The van der Waals surface area contributed by atoms with E-state index in [9.17, 15) is 4.79 Å². The Labute approximate surface area is 219 Å². The lowest BCUT2D eigenvalue weighted by atomic mass is 10.1. The van der Waals surface area contributed by atoms with Gasteiger partial charge in [-0.2, -0.15) is 5.10 Å². The average molecular weight is 525 g/mol. The van der Waals surface area contributed by atoms with Crippen molar-refractivity contribution in [2.24, 2.45) is 0 Å². The Hall–Kier alpha value is -5.01. The van der Waals surface area contributed by atoms with Crippen molar-refractivity contribution in [2.75, 3.05) is 17.3 Å². The number of hydrogen-bond acceptors (Lipinski definition) is 11. The van der Waals surface area contributed by atoms with Crippen molar-refractivity contribution in [1.29, 1.82) is 0 Å². The van der Waals surface area contributed by atoms with Crippen LogP contribution in [-0.4, -0.2) is 53.3 Å². The molecule has 13 heteroatoms. The molecule has 0 fully saturated rings. The molecule has 4 N–H and O–H groups in total. The summed E-state index contributed by atoms with van der Waals surface area (Å²) in [5.41, 5.74) is 5.18. The molecule has 1 amide bonds. The Morgan fingerprint density at radius 3 is 2.71 bits per heavy atom. The van der Waals surface area contributed by atoms with Crippen molar-refractivity contribution in [3.8, 4) is 11.4 Å². The highest BCUT2D eigenvalue weighted by atomic mass is 32.1. The van der Waals surface area contributed by atoms with E-state index in [0.717, 1.165) is 37.2 Å². The van der Waals surface area contributed by atoms with Gasteiger partial charge in [0.2, 0.25) is 5.95 Å². The Balaban J connectivity index is 1.38. The van der Waals surface area contributed by atoms with E-state index >= 15 is 0 Å². The van der Waals surface area contributed by atoms with E-state index in [0.29, 0.717) is 24.1 Å². The number of rotatable bonds is 7. The molecule has 188 valence electrons. The van der Waals surface area contributed by atoms with Crippen LogP contribution < -0.4 is 15.7 Å². The summed E-state index contributed by atoms with van der Waals surface area (Å²) in [6.45, 7) is 0.508. The van der Waals surface area contributed by atoms with Crippen LogP contribution in [0.4, 0.5) is 17.5 Å². The summed E-state index contributed by atoms with van der Waals surface area (Å²) < 4.78 is 0.907. The Bertz CT molecular complexity index is 1750. The molecule has 1 aromatic carbocycles. The summed E-state index contributed by atoms with van der Waals surface area (Å²) in [6.07, 6.45) is 7.94. The van der Waals surface area contributed by atoms with Gasteiger partial charge in [-0.05, 0) is 24.3 Å². The van der Waals surface area contributed by atoms with Gasteiger partial charge in [-0.25, -0.2) is 25.4 Å². The van der Waals surface area contributed by atoms with E-state index in [1.54, 1.807) is 35.4 Å². The summed E-state index contributed by atoms with van der Waals surface area (Å²) in [7, 11) is 1.86. The van der Waals surface area contributed by atoms with E-state index < -0.39 is 5.91 Å². The average Bonchev–Trinajstić information content (AvgIpc) is 3.60. The number of benzene rings is 1. The van der Waals surface area contributed by atoms with E-state index in [1.165, 1.54) is 12.4 Å². The molecule has 0 aliphatic heterocycles. The molecule has 0 atom stereocenters. The maximum Gasteiger partial charge on any atom is 0.277 e. The number of hydroxylamine groups is 1. The third kappa shape index (κ3) is 4.47. The van der Waals surface area contributed by atoms with Crippen LogP contribution >= 0.6 is 11.3 Å². The molecule has 5 aromatic heterocycles. The molecule has 0 saturated heterocycles. The second-order valence-electron chi connectivity index (χ2n) is 8.39. The maximum atomic E-state index is 11.6. The number of carbonyl (C=O) groups is 1. The van der Waals surface area contributed by atoms with Crippen LogP contribution in [0.15, 0.2) is 67.4 Å². The van der Waals surface area contributed by atoms with Crippen molar-refractivity contribution in [3.63, 3.8) is 0 Å². The fraction of sp³-hybridized carbons (Fsp3) is 0.0800. The number of carbonyl (C=O) groups excluding carboxylic acids is 1. The minimum atomic E-state index is -0.668. The van der Waals surface area contributed by atoms with Gasteiger partial charge in [-0.3, -0.25) is 20.1 Å². The zero-order chi connectivity index (χ0) is 26.1. The normalized spacial score (nSPS) is 11.1. The fourth-order valence-electron chi connectivity index (χ4n) is 4.00. The number of nitrogens with one attached hydrogen (secondary N) is 3. The third-order valence-electron chi connectivity index (χ3n) is 5.83. The lowest BCUT2D eigenvalue weighted by Crippen LogP contribution is -2.21. The van der Waals surface area contributed by atoms with Crippen LogP contribution in [0.1, 0.15) is 15.2 Å². The van der Waals surface area contributed by atoms with Gasteiger partial charge in [0.15, 0.2) is 11.6 Å². The number of hydrogen-bond donors (Lipinski definition) is 4. The first-order valence-electron chi connectivity index (χ1n) is 11.5. The number of thiophene rings is 1.